The lowest BCUT2D eigenvalue weighted by Crippen LogP contribution is -2.40. The largest absolute Gasteiger partial charge is 0.438 e. The SMILES string of the molecule is Cc1ccc2oc(C3(CN)CCOCC3)nc2n1. The molecule has 0 spiro atoms. The van der Waals surface area contributed by atoms with Gasteiger partial charge in [0.1, 0.15) is 0 Å². The molecule has 1 aliphatic heterocycles. The third-order valence-electron chi connectivity index (χ3n) is 3.69. The fourth-order valence-electron chi connectivity index (χ4n) is 2.41. The molecule has 1 aliphatic rings. The quantitative estimate of drug-likeness (QED) is 0.871. The Kier molecular flexibility index (Phi) is 2.80. The molecule has 2 aromatic heterocycles. The Balaban J connectivity index is 2.06. The monoisotopic (exact) mass is 247 g/mol. The van der Waals surface area contributed by atoms with Crippen molar-refractivity contribution in [1.29, 1.82) is 0 Å². The lowest BCUT2D eigenvalue weighted by molar-refractivity contribution is 0.0438. The zero-order chi connectivity index (χ0) is 12.6. The summed E-state index contributed by atoms with van der Waals surface area (Å²) in [6, 6.07) is 3.84. The second-order valence-corrected chi connectivity index (χ2v) is 4.89. The van der Waals surface area contributed by atoms with Gasteiger partial charge in [-0.25, -0.2) is 4.98 Å². The first-order chi connectivity index (χ1) is 8.73. The van der Waals surface area contributed by atoms with E-state index in [4.69, 9.17) is 14.9 Å². The van der Waals surface area contributed by atoms with Crippen LogP contribution in [0.3, 0.4) is 0 Å². The summed E-state index contributed by atoms with van der Waals surface area (Å²) in [4.78, 5) is 8.91. The Morgan fingerprint density at radius 2 is 2.06 bits per heavy atom. The number of aryl methyl sites for hydroxylation is 1. The van der Waals surface area contributed by atoms with Gasteiger partial charge in [-0.15, -0.1) is 0 Å². The van der Waals surface area contributed by atoms with Crippen molar-refractivity contribution < 1.29 is 9.15 Å². The predicted octanol–water partition coefficient (Wildman–Crippen LogP) is 1.54. The molecule has 0 amide bonds. The highest BCUT2D eigenvalue weighted by molar-refractivity contribution is 5.67. The average Bonchev–Trinajstić information content (AvgIpc) is 2.83. The molecular weight excluding hydrogens is 230 g/mol. The molecule has 2 N–H and O–H groups in total. The molecular formula is C13H17N3O2. The molecule has 1 saturated heterocycles. The molecule has 0 radical (unpaired) electrons. The van der Waals surface area contributed by atoms with Gasteiger partial charge in [0.2, 0.25) is 5.89 Å². The van der Waals surface area contributed by atoms with Crippen LogP contribution >= 0.6 is 0 Å². The van der Waals surface area contributed by atoms with Gasteiger partial charge in [-0.1, -0.05) is 0 Å². The number of oxazole rings is 1. The Morgan fingerprint density at radius 3 is 2.78 bits per heavy atom. The number of rotatable bonds is 2. The van der Waals surface area contributed by atoms with E-state index in [0.717, 1.165) is 24.1 Å². The highest BCUT2D eigenvalue weighted by Crippen LogP contribution is 2.34. The van der Waals surface area contributed by atoms with Crippen molar-refractivity contribution in [3.05, 3.63) is 23.7 Å². The molecule has 0 bridgehead atoms. The molecule has 0 unspecified atom stereocenters. The van der Waals surface area contributed by atoms with E-state index in [1.54, 1.807) is 0 Å². The van der Waals surface area contributed by atoms with E-state index in [9.17, 15) is 0 Å². The maximum Gasteiger partial charge on any atom is 0.204 e. The van der Waals surface area contributed by atoms with Crippen molar-refractivity contribution in [1.82, 2.24) is 9.97 Å². The van der Waals surface area contributed by atoms with Crippen LogP contribution in [0.25, 0.3) is 11.2 Å². The summed E-state index contributed by atoms with van der Waals surface area (Å²) in [5.41, 5.74) is 8.10. The molecule has 18 heavy (non-hydrogen) atoms. The van der Waals surface area contributed by atoms with Crippen molar-refractivity contribution in [2.24, 2.45) is 5.73 Å². The second-order valence-electron chi connectivity index (χ2n) is 4.89. The minimum absolute atomic E-state index is 0.188. The van der Waals surface area contributed by atoms with Crippen LogP contribution in [0.5, 0.6) is 0 Å². The standard InChI is InChI=1S/C13H17N3O2/c1-9-2-3-10-11(15-9)16-12(18-10)13(8-14)4-6-17-7-5-13/h2-3H,4-8,14H2,1H3. The topological polar surface area (TPSA) is 74.2 Å². The van der Waals surface area contributed by atoms with E-state index in [0.29, 0.717) is 31.3 Å². The van der Waals surface area contributed by atoms with Crippen LogP contribution in [0.4, 0.5) is 0 Å². The van der Waals surface area contributed by atoms with Crippen LogP contribution in [-0.2, 0) is 10.2 Å². The molecule has 0 saturated carbocycles. The summed E-state index contributed by atoms with van der Waals surface area (Å²) in [5.74, 6) is 0.710. The number of hydrogen-bond donors (Lipinski definition) is 1. The Bertz CT molecular complexity index is 558. The van der Waals surface area contributed by atoms with Gasteiger partial charge < -0.3 is 14.9 Å². The first-order valence-corrected chi connectivity index (χ1v) is 6.26. The highest BCUT2D eigenvalue weighted by Gasteiger charge is 2.38. The van der Waals surface area contributed by atoms with Crippen molar-refractivity contribution >= 4 is 11.2 Å². The van der Waals surface area contributed by atoms with Crippen LogP contribution in [0.2, 0.25) is 0 Å². The van der Waals surface area contributed by atoms with Crippen molar-refractivity contribution in [3.63, 3.8) is 0 Å². The second kappa shape index (κ2) is 4.33. The normalized spacial score (nSPS) is 19.2. The highest BCUT2D eigenvalue weighted by atomic mass is 16.5. The van der Waals surface area contributed by atoms with E-state index in [2.05, 4.69) is 9.97 Å². The molecule has 0 aromatic carbocycles. The number of nitrogens with zero attached hydrogens (tertiary/aromatic N) is 2. The van der Waals surface area contributed by atoms with Crippen molar-refractivity contribution in [3.8, 4) is 0 Å². The summed E-state index contributed by atoms with van der Waals surface area (Å²) in [6.45, 7) is 3.90. The molecule has 0 aliphatic carbocycles. The fourth-order valence-corrected chi connectivity index (χ4v) is 2.41. The van der Waals surface area contributed by atoms with Crippen molar-refractivity contribution in [2.75, 3.05) is 19.8 Å². The number of ether oxygens (including phenoxy) is 1. The van der Waals surface area contributed by atoms with Gasteiger partial charge in [-0.3, -0.25) is 0 Å². The van der Waals surface area contributed by atoms with Crippen LogP contribution < -0.4 is 5.73 Å². The number of aromatic nitrogens is 2. The molecule has 3 rings (SSSR count). The van der Waals surface area contributed by atoms with E-state index < -0.39 is 0 Å². The first kappa shape index (κ1) is 11.6. The van der Waals surface area contributed by atoms with Gasteiger partial charge in [0, 0.05) is 25.5 Å². The van der Waals surface area contributed by atoms with E-state index in [1.807, 2.05) is 19.1 Å². The van der Waals surface area contributed by atoms with E-state index in [-0.39, 0.29) is 5.41 Å². The Hall–Kier alpha value is -1.46. The van der Waals surface area contributed by atoms with Crippen molar-refractivity contribution in [2.45, 2.75) is 25.2 Å². The average molecular weight is 247 g/mol. The lowest BCUT2D eigenvalue weighted by atomic mass is 9.80. The van der Waals surface area contributed by atoms with Crippen LogP contribution in [-0.4, -0.2) is 29.7 Å². The molecule has 5 nitrogen and oxygen atoms in total. The van der Waals surface area contributed by atoms with Crippen LogP contribution in [0.15, 0.2) is 16.5 Å². The zero-order valence-electron chi connectivity index (χ0n) is 10.5. The summed E-state index contributed by atoms with van der Waals surface area (Å²) in [5, 5.41) is 0. The summed E-state index contributed by atoms with van der Waals surface area (Å²) in [7, 11) is 0. The van der Waals surface area contributed by atoms with Gasteiger partial charge >= 0.3 is 0 Å². The van der Waals surface area contributed by atoms with Crippen LogP contribution in [0.1, 0.15) is 24.4 Å². The van der Waals surface area contributed by atoms with Gasteiger partial charge in [0.15, 0.2) is 11.2 Å². The molecule has 0 atom stereocenters. The number of nitrogens with two attached hydrogens (primary N) is 1. The predicted molar refractivity (Wildman–Crippen MR) is 67.3 cm³/mol. The minimum atomic E-state index is -0.188. The zero-order valence-corrected chi connectivity index (χ0v) is 10.5. The summed E-state index contributed by atoms with van der Waals surface area (Å²) in [6.07, 6.45) is 1.71. The number of fused-ring (bicyclic) bond motifs is 1. The van der Waals surface area contributed by atoms with Crippen LogP contribution in [0, 0.1) is 6.92 Å². The van der Waals surface area contributed by atoms with E-state index in [1.165, 1.54) is 0 Å². The minimum Gasteiger partial charge on any atom is -0.438 e. The molecule has 2 aromatic rings. The summed E-state index contributed by atoms with van der Waals surface area (Å²) >= 11 is 0. The summed E-state index contributed by atoms with van der Waals surface area (Å²) < 4.78 is 11.2. The lowest BCUT2D eigenvalue weighted by Gasteiger charge is -2.32. The van der Waals surface area contributed by atoms with Gasteiger partial charge in [-0.2, -0.15) is 4.98 Å². The molecule has 96 valence electrons. The van der Waals surface area contributed by atoms with Gasteiger partial charge in [0.05, 0.1) is 5.41 Å². The smallest absolute Gasteiger partial charge is 0.204 e. The maximum atomic E-state index is 5.95. The Morgan fingerprint density at radius 1 is 1.28 bits per heavy atom. The van der Waals surface area contributed by atoms with Gasteiger partial charge in [-0.05, 0) is 31.9 Å². The first-order valence-electron chi connectivity index (χ1n) is 6.26. The Labute approximate surface area is 105 Å². The third-order valence-corrected chi connectivity index (χ3v) is 3.69. The number of pyridine rings is 1. The maximum absolute atomic E-state index is 5.95. The third kappa shape index (κ3) is 1.79. The van der Waals surface area contributed by atoms with Gasteiger partial charge in [0.25, 0.3) is 0 Å². The molecule has 5 heteroatoms. The number of hydrogen-bond acceptors (Lipinski definition) is 5. The van der Waals surface area contributed by atoms with E-state index >= 15 is 0 Å². The molecule has 1 fully saturated rings. The molecule has 3 heterocycles. The fraction of sp³-hybridized carbons (Fsp3) is 0.538.